The summed E-state index contributed by atoms with van der Waals surface area (Å²) >= 11 is 0. The Balaban J connectivity index is 2.06. The summed E-state index contributed by atoms with van der Waals surface area (Å²) in [6, 6.07) is 11.6. The maximum atomic E-state index is 12.7. The monoisotopic (exact) mass is 339 g/mol. The van der Waals surface area contributed by atoms with Gasteiger partial charge in [0.15, 0.2) is 0 Å². The number of hydrogen-bond acceptors (Lipinski definition) is 5. The number of benzene rings is 2. The largest absolute Gasteiger partial charge is 0.497 e. The summed E-state index contributed by atoms with van der Waals surface area (Å²) in [5.74, 6) is 0.647. The second-order valence-corrected chi connectivity index (χ2v) is 5.50. The molecule has 25 heavy (non-hydrogen) atoms. The van der Waals surface area contributed by atoms with Crippen LogP contribution in [0.15, 0.2) is 51.7 Å². The molecule has 1 N–H and O–H groups in total. The Labute approximate surface area is 144 Å². The van der Waals surface area contributed by atoms with E-state index in [9.17, 15) is 9.59 Å². The van der Waals surface area contributed by atoms with Crippen LogP contribution in [0, 0.1) is 6.92 Å². The van der Waals surface area contributed by atoms with Gasteiger partial charge in [-0.15, -0.1) is 0 Å². The zero-order valence-corrected chi connectivity index (χ0v) is 14.1. The molecule has 3 aromatic rings. The van der Waals surface area contributed by atoms with Crippen LogP contribution in [0.5, 0.6) is 11.5 Å². The van der Waals surface area contributed by atoms with Crippen molar-refractivity contribution in [1.82, 2.24) is 0 Å². The molecular formula is C19H17NO5. The van der Waals surface area contributed by atoms with Gasteiger partial charge in [-0.05, 0) is 36.8 Å². The molecule has 0 aliphatic carbocycles. The Hall–Kier alpha value is -3.28. The molecule has 128 valence electrons. The second-order valence-electron chi connectivity index (χ2n) is 5.50. The predicted octanol–water partition coefficient (Wildman–Crippen LogP) is 3.37. The number of ether oxygens (including phenoxy) is 2. The molecule has 0 spiro atoms. The minimum atomic E-state index is -0.609. The number of carbonyl (C=O) groups is 1. The number of carbonyl (C=O) groups excluding carboxylic acids is 1. The highest BCUT2D eigenvalue weighted by molar-refractivity contribution is 6.12. The molecule has 0 radical (unpaired) electrons. The minimum Gasteiger partial charge on any atom is -0.497 e. The van der Waals surface area contributed by atoms with E-state index in [4.69, 9.17) is 13.9 Å². The summed E-state index contributed by atoms with van der Waals surface area (Å²) in [4.78, 5) is 24.6. The van der Waals surface area contributed by atoms with Crippen LogP contribution in [0.25, 0.3) is 11.0 Å². The molecule has 6 nitrogen and oxygen atoms in total. The lowest BCUT2D eigenvalue weighted by atomic mass is 10.1. The molecule has 6 heteroatoms. The van der Waals surface area contributed by atoms with Crippen molar-refractivity contribution in [2.45, 2.75) is 6.92 Å². The van der Waals surface area contributed by atoms with E-state index < -0.39 is 11.5 Å². The fourth-order valence-corrected chi connectivity index (χ4v) is 2.57. The molecule has 0 saturated carbocycles. The summed E-state index contributed by atoms with van der Waals surface area (Å²) in [7, 11) is 3.04. The van der Waals surface area contributed by atoms with Crippen molar-refractivity contribution in [2.24, 2.45) is 0 Å². The molecule has 0 bridgehead atoms. The lowest BCUT2D eigenvalue weighted by molar-refractivity contribution is 0.102. The van der Waals surface area contributed by atoms with Crippen LogP contribution in [0.4, 0.5) is 5.69 Å². The molecule has 0 aliphatic rings. The Morgan fingerprint density at radius 3 is 2.56 bits per heavy atom. The molecule has 2 aromatic carbocycles. The van der Waals surface area contributed by atoms with Crippen molar-refractivity contribution in [3.63, 3.8) is 0 Å². The van der Waals surface area contributed by atoms with Gasteiger partial charge in [-0.25, -0.2) is 4.79 Å². The van der Waals surface area contributed by atoms with Gasteiger partial charge < -0.3 is 19.2 Å². The average molecular weight is 339 g/mol. The summed E-state index contributed by atoms with van der Waals surface area (Å²) in [6.45, 7) is 1.91. The third-order valence-electron chi connectivity index (χ3n) is 3.80. The molecule has 0 unspecified atom stereocenters. The van der Waals surface area contributed by atoms with E-state index in [2.05, 4.69) is 5.32 Å². The number of fused-ring (bicyclic) bond motifs is 1. The molecule has 0 saturated heterocycles. The molecule has 0 atom stereocenters. The number of aryl methyl sites for hydroxylation is 1. The van der Waals surface area contributed by atoms with Crippen LogP contribution >= 0.6 is 0 Å². The minimum absolute atomic E-state index is 0.220. The molecular weight excluding hydrogens is 322 g/mol. The van der Waals surface area contributed by atoms with Crippen LogP contribution < -0.4 is 20.4 Å². The van der Waals surface area contributed by atoms with Gasteiger partial charge in [0.05, 0.1) is 25.5 Å². The van der Waals surface area contributed by atoms with Crippen molar-refractivity contribution in [2.75, 3.05) is 19.5 Å². The number of anilines is 1. The van der Waals surface area contributed by atoms with E-state index in [1.807, 2.05) is 13.0 Å². The first-order valence-electron chi connectivity index (χ1n) is 7.59. The summed E-state index contributed by atoms with van der Waals surface area (Å²) < 4.78 is 15.6. The number of amides is 1. The lowest BCUT2D eigenvalue weighted by Crippen LogP contribution is -2.15. The van der Waals surface area contributed by atoms with E-state index in [0.29, 0.717) is 22.6 Å². The van der Waals surface area contributed by atoms with Crippen molar-refractivity contribution < 1.29 is 18.7 Å². The molecule has 1 aromatic heterocycles. The van der Waals surface area contributed by atoms with Crippen molar-refractivity contribution in [3.8, 4) is 11.5 Å². The smallest absolute Gasteiger partial charge is 0.337 e. The van der Waals surface area contributed by atoms with Crippen LogP contribution in [0.3, 0.4) is 0 Å². The van der Waals surface area contributed by atoms with Crippen LogP contribution in [0.1, 0.15) is 15.9 Å². The maximum Gasteiger partial charge on any atom is 0.337 e. The highest BCUT2D eigenvalue weighted by Crippen LogP contribution is 2.27. The topological polar surface area (TPSA) is 77.8 Å². The zero-order valence-electron chi connectivity index (χ0n) is 14.1. The Kier molecular flexibility index (Phi) is 4.43. The van der Waals surface area contributed by atoms with Gasteiger partial charge in [-0.2, -0.15) is 0 Å². The van der Waals surface area contributed by atoms with E-state index in [1.165, 1.54) is 20.3 Å². The SMILES string of the molecule is COc1ccc2c(C(=O)Nc3cc(C)ccc3OC)cc(=O)oc2c1. The normalized spacial score (nSPS) is 10.5. The third kappa shape index (κ3) is 3.33. The first-order valence-corrected chi connectivity index (χ1v) is 7.59. The lowest BCUT2D eigenvalue weighted by Gasteiger charge is -2.12. The highest BCUT2D eigenvalue weighted by atomic mass is 16.5. The maximum absolute atomic E-state index is 12.7. The summed E-state index contributed by atoms with van der Waals surface area (Å²) in [5, 5.41) is 3.31. The molecule has 1 amide bonds. The standard InChI is InChI=1S/C19H17NO5/c1-11-4-7-16(24-3)15(8-11)20-19(22)14-10-18(21)25-17-9-12(23-2)5-6-13(14)17/h4-10H,1-3H3,(H,20,22). The first kappa shape index (κ1) is 16.6. The number of methoxy groups -OCH3 is 2. The van der Waals surface area contributed by atoms with Gasteiger partial charge in [0.25, 0.3) is 5.91 Å². The van der Waals surface area contributed by atoms with Crippen LogP contribution in [0.2, 0.25) is 0 Å². The van der Waals surface area contributed by atoms with Crippen LogP contribution in [-0.2, 0) is 0 Å². The van der Waals surface area contributed by atoms with Crippen LogP contribution in [-0.4, -0.2) is 20.1 Å². The van der Waals surface area contributed by atoms with Crippen molar-refractivity contribution in [3.05, 3.63) is 64.0 Å². The van der Waals surface area contributed by atoms with Gasteiger partial charge in [0.2, 0.25) is 0 Å². The zero-order chi connectivity index (χ0) is 18.0. The first-order chi connectivity index (χ1) is 12.0. The number of nitrogens with one attached hydrogen (secondary N) is 1. The fourth-order valence-electron chi connectivity index (χ4n) is 2.57. The number of rotatable bonds is 4. The number of hydrogen-bond donors (Lipinski definition) is 1. The highest BCUT2D eigenvalue weighted by Gasteiger charge is 2.16. The van der Waals surface area contributed by atoms with E-state index in [1.54, 1.807) is 30.3 Å². The quantitative estimate of drug-likeness (QED) is 0.737. The Bertz CT molecular complexity index is 1010. The van der Waals surface area contributed by atoms with E-state index in [-0.39, 0.29) is 11.1 Å². The van der Waals surface area contributed by atoms with Gasteiger partial charge in [-0.3, -0.25) is 4.79 Å². The van der Waals surface area contributed by atoms with Gasteiger partial charge in [0, 0.05) is 17.5 Å². The second kappa shape index (κ2) is 6.68. The van der Waals surface area contributed by atoms with E-state index >= 15 is 0 Å². The summed E-state index contributed by atoms with van der Waals surface area (Å²) in [5.41, 5.74) is 1.40. The van der Waals surface area contributed by atoms with Gasteiger partial charge >= 0.3 is 5.63 Å². The van der Waals surface area contributed by atoms with Crippen molar-refractivity contribution in [1.29, 1.82) is 0 Å². The Morgan fingerprint density at radius 1 is 1.04 bits per heavy atom. The molecule has 0 fully saturated rings. The van der Waals surface area contributed by atoms with E-state index in [0.717, 1.165) is 5.56 Å². The fraction of sp³-hybridized carbons (Fsp3) is 0.158. The van der Waals surface area contributed by atoms with Gasteiger partial charge in [0.1, 0.15) is 17.1 Å². The van der Waals surface area contributed by atoms with Crippen molar-refractivity contribution >= 4 is 22.6 Å². The predicted molar refractivity (Wildman–Crippen MR) is 94.7 cm³/mol. The van der Waals surface area contributed by atoms with Gasteiger partial charge in [-0.1, -0.05) is 6.07 Å². The Morgan fingerprint density at radius 2 is 1.84 bits per heavy atom. The summed E-state index contributed by atoms with van der Waals surface area (Å²) in [6.07, 6.45) is 0. The third-order valence-corrected chi connectivity index (χ3v) is 3.80. The molecule has 1 heterocycles. The average Bonchev–Trinajstić information content (AvgIpc) is 2.60. The molecule has 0 aliphatic heterocycles. The molecule has 3 rings (SSSR count).